The summed E-state index contributed by atoms with van der Waals surface area (Å²) in [7, 11) is 2.30. The highest BCUT2D eigenvalue weighted by atomic mass is 32.1. The number of ether oxygens (including phenoxy) is 4. The fourth-order valence-corrected chi connectivity index (χ4v) is 4.28. The molecule has 1 saturated heterocycles. The minimum atomic E-state index is -0.878. The Bertz CT molecular complexity index is 1090. The lowest BCUT2D eigenvalue weighted by Crippen LogP contribution is -2.37. The first-order chi connectivity index (χ1) is 15.8. The molecule has 0 saturated carbocycles. The number of nitrogens with zero attached hydrogens (tertiary/aromatic N) is 2. The summed E-state index contributed by atoms with van der Waals surface area (Å²) in [5.41, 5.74) is 5.92. The number of nitrogens with two attached hydrogens (primary N) is 1. The molecule has 176 valence electrons. The van der Waals surface area contributed by atoms with Gasteiger partial charge in [-0.25, -0.2) is 14.4 Å². The molecule has 1 aliphatic rings. The molecular weight excluding hydrogens is 458 g/mol. The Morgan fingerprint density at radius 2 is 1.82 bits per heavy atom. The number of carbonyl (C=O) groups is 3. The van der Waals surface area contributed by atoms with Crippen molar-refractivity contribution in [2.45, 2.75) is 6.61 Å². The van der Waals surface area contributed by atoms with E-state index in [4.69, 9.17) is 24.7 Å². The van der Waals surface area contributed by atoms with Crippen LogP contribution in [0.15, 0.2) is 18.2 Å². The van der Waals surface area contributed by atoms with Gasteiger partial charge in [0.15, 0.2) is 0 Å². The van der Waals surface area contributed by atoms with Gasteiger partial charge in [-0.1, -0.05) is 0 Å². The van der Waals surface area contributed by atoms with E-state index in [2.05, 4.69) is 0 Å². The van der Waals surface area contributed by atoms with Crippen molar-refractivity contribution in [1.82, 2.24) is 0 Å². The number of methoxy groups -OCH3 is 2. The fraction of sp³-hybridized carbons (Fsp3) is 0.350. The summed E-state index contributed by atoms with van der Waals surface area (Å²) in [6.45, 7) is 1.33. The zero-order valence-corrected chi connectivity index (χ0v) is 18.6. The molecule has 0 amide bonds. The third-order valence-corrected chi connectivity index (χ3v) is 5.95. The average Bonchev–Trinajstić information content (AvgIpc) is 3.17. The van der Waals surface area contributed by atoms with Crippen LogP contribution >= 0.6 is 11.3 Å². The predicted octanol–water partition coefficient (Wildman–Crippen LogP) is 2.01. The average molecular weight is 479 g/mol. The van der Waals surface area contributed by atoms with E-state index in [-0.39, 0.29) is 32.3 Å². The van der Waals surface area contributed by atoms with E-state index in [0.29, 0.717) is 32.0 Å². The second-order valence-corrected chi connectivity index (χ2v) is 7.82. The Labute approximate surface area is 191 Å². The van der Waals surface area contributed by atoms with Crippen LogP contribution in [0, 0.1) is 10.1 Å². The third-order valence-electron chi connectivity index (χ3n) is 4.90. The quantitative estimate of drug-likeness (QED) is 0.268. The number of esters is 3. The van der Waals surface area contributed by atoms with Gasteiger partial charge in [0.05, 0.1) is 43.6 Å². The minimum Gasteiger partial charge on any atom is -0.465 e. The first-order valence-electron chi connectivity index (χ1n) is 9.64. The lowest BCUT2D eigenvalue weighted by Gasteiger charge is -2.30. The SMILES string of the molecule is COC(=O)c1sc(N)c(C(=O)OC)c1COC(=O)c1cc([N+](=O)[O-])ccc1N1CCOCC1. The zero-order valence-electron chi connectivity index (χ0n) is 17.8. The monoisotopic (exact) mass is 479 g/mol. The summed E-state index contributed by atoms with van der Waals surface area (Å²) in [4.78, 5) is 49.8. The summed E-state index contributed by atoms with van der Waals surface area (Å²) in [6, 6.07) is 3.89. The minimum absolute atomic E-state index is 0.00217. The largest absolute Gasteiger partial charge is 0.465 e. The van der Waals surface area contributed by atoms with E-state index in [1.807, 2.05) is 4.90 Å². The molecule has 2 N–H and O–H groups in total. The highest BCUT2D eigenvalue weighted by molar-refractivity contribution is 7.18. The van der Waals surface area contributed by atoms with Gasteiger partial charge in [-0.3, -0.25) is 10.1 Å². The van der Waals surface area contributed by atoms with E-state index in [1.54, 1.807) is 0 Å². The van der Waals surface area contributed by atoms with Gasteiger partial charge in [0.2, 0.25) is 0 Å². The van der Waals surface area contributed by atoms with E-state index in [1.165, 1.54) is 12.1 Å². The van der Waals surface area contributed by atoms with Crippen LogP contribution in [0.1, 0.15) is 36.0 Å². The number of hydrogen-bond acceptors (Lipinski definition) is 12. The van der Waals surface area contributed by atoms with Crippen LogP contribution in [0.25, 0.3) is 0 Å². The van der Waals surface area contributed by atoms with E-state index < -0.39 is 29.4 Å². The summed E-state index contributed by atoms with van der Waals surface area (Å²) in [6.07, 6.45) is 0. The summed E-state index contributed by atoms with van der Waals surface area (Å²) >= 11 is 0.797. The van der Waals surface area contributed by atoms with Crippen molar-refractivity contribution in [3.05, 3.63) is 49.9 Å². The van der Waals surface area contributed by atoms with E-state index in [0.717, 1.165) is 31.6 Å². The Balaban J connectivity index is 1.95. The van der Waals surface area contributed by atoms with Crippen LogP contribution in [0.4, 0.5) is 16.4 Å². The number of carbonyl (C=O) groups excluding carboxylic acids is 3. The molecule has 0 unspecified atom stereocenters. The van der Waals surface area contributed by atoms with Gasteiger partial charge in [-0.2, -0.15) is 0 Å². The topological polar surface area (TPSA) is 161 Å². The van der Waals surface area contributed by atoms with E-state index in [9.17, 15) is 24.5 Å². The number of nitro benzene ring substituents is 1. The molecule has 0 atom stereocenters. The molecular formula is C20H21N3O9S. The Hall–Kier alpha value is -3.71. The van der Waals surface area contributed by atoms with Gasteiger partial charge in [0, 0.05) is 30.8 Å². The molecule has 2 heterocycles. The maximum Gasteiger partial charge on any atom is 0.348 e. The van der Waals surface area contributed by atoms with Crippen LogP contribution < -0.4 is 10.6 Å². The number of benzene rings is 1. The van der Waals surface area contributed by atoms with Crippen molar-refractivity contribution in [2.75, 3.05) is 51.2 Å². The molecule has 0 radical (unpaired) electrons. The summed E-state index contributed by atoms with van der Waals surface area (Å²) in [5, 5.41) is 11.3. The molecule has 33 heavy (non-hydrogen) atoms. The molecule has 13 heteroatoms. The number of nitrogen functional groups attached to an aromatic ring is 1. The molecule has 3 rings (SSSR count). The van der Waals surface area contributed by atoms with Crippen molar-refractivity contribution >= 4 is 45.6 Å². The molecule has 12 nitrogen and oxygen atoms in total. The van der Waals surface area contributed by atoms with Gasteiger partial charge in [-0.15, -0.1) is 11.3 Å². The number of non-ortho nitro benzene ring substituents is 1. The van der Waals surface area contributed by atoms with Gasteiger partial charge >= 0.3 is 17.9 Å². The van der Waals surface area contributed by atoms with Gasteiger partial charge < -0.3 is 29.6 Å². The second kappa shape index (κ2) is 10.3. The Kier molecular flexibility index (Phi) is 7.45. The van der Waals surface area contributed by atoms with Crippen molar-refractivity contribution < 1.29 is 38.3 Å². The number of thiophene rings is 1. The summed E-state index contributed by atoms with van der Waals surface area (Å²) < 4.78 is 20.1. The first kappa shape index (κ1) is 23.9. The van der Waals surface area contributed by atoms with Crippen LogP contribution in [-0.2, 0) is 25.6 Å². The first-order valence-corrected chi connectivity index (χ1v) is 10.5. The highest BCUT2D eigenvalue weighted by Crippen LogP contribution is 2.34. The van der Waals surface area contributed by atoms with Crippen LogP contribution in [0.2, 0.25) is 0 Å². The molecule has 0 aliphatic carbocycles. The molecule has 1 fully saturated rings. The van der Waals surface area contributed by atoms with Crippen LogP contribution in [0.5, 0.6) is 0 Å². The molecule has 1 aromatic heterocycles. The van der Waals surface area contributed by atoms with E-state index >= 15 is 0 Å². The van der Waals surface area contributed by atoms with Gasteiger partial charge in [0.25, 0.3) is 5.69 Å². The molecule has 1 aromatic carbocycles. The normalized spacial score (nSPS) is 13.3. The molecule has 0 bridgehead atoms. The standard InChI is InChI=1S/C20H21N3O9S/c1-29-19(25)15-13(16(20(26)30-2)33-17(15)21)10-32-18(24)12-9-11(23(27)28)3-4-14(12)22-5-7-31-8-6-22/h3-4,9H,5-8,10,21H2,1-2H3. The van der Waals surface area contributed by atoms with Crippen LogP contribution in [0.3, 0.4) is 0 Å². The van der Waals surface area contributed by atoms with Gasteiger partial charge in [-0.05, 0) is 6.07 Å². The number of hydrogen-bond donors (Lipinski definition) is 1. The fourth-order valence-electron chi connectivity index (χ4n) is 3.30. The lowest BCUT2D eigenvalue weighted by molar-refractivity contribution is -0.384. The number of anilines is 2. The van der Waals surface area contributed by atoms with Crippen molar-refractivity contribution in [1.29, 1.82) is 0 Å². The number of nitro groups is 1. The third kappa shape index (κ3) is 5.04. The van der Waals surface area contributed by atoms with Crippen molar-refractivity contribution in [2.24, 2.45) is 0 Å². The van der Waals surface area contributed by atoms with Crippen molar-refractivity contribution in [3.8, 4) is 0 Å². The summed E-state index contributed by atoms with van der Waals surface area (Å²) in [5.74, 6) is -2.46. The second-order valence-electron chi connectivity index (χ2n) is 6.77. The zero-order chi connectivity index (χ0) is 24.1. The highest BCUT2D eigenvalue weighted by Gasteiger charge is 2.29. The van der Waals surface area contributed by atoms with Gasteiger partial charge in [0.1, 0.15) is 22.0 Å². The smallest absolute Gasteiger partial charge is 0.348 e. The molecule has 2 aromatic rings. The number of morpholine rings is 1. The molecule has 0 spiro atoms. The Morgan fingerprint density at radius 1 is 1.15 bits per heavy atom. The maximum absolute atomic E-state index is 13.0. The number of rotatable bonds is 7. The van der Waals surface area contributed by atoms with Crippen molar-refractivity contribution in [3.63, 3.8) is 0 Å². The lowest BCUT2D eigenvalue weighted by atomic mass is 10.1. The maximum atomic E-state index is 13.0. The van der Waals surface area contributed by atoms with Crippen LogP contribution in [-0.4, -0.2) is 63.4 Å². The molecule has 1 aliphatic heterocycles. The predicted molar refractivity (Wildman–Crippen MR) is 117 cm³/mol. The Morgan fingerprint density at radius 3 is 2.42 bits per heavy atom.